The van der Waals surface area contributed by atoms with E-state index in [2.05, 4.69) is 27.3 Å². The third-order valence-electron chi connectivity index (χ3n) is 4.28. The first kappa shape index (κ1) is 25.0. The average molecular weight is 513 g/mol. The van der Waals surface area contributed by atoms with Crippen LogP contribution >= 0.6 is 24.0 Å². The number of methoxy groups -OCH3 is 2. The van der Waals surface area contributed by atoms with Crippen molar-refractivity contribution >= 4 is 29.9 Å². The highest BCUT2D eigenvalue weighted by atomic mass is 127. The smallest absolute Gasteiger partial charge is 0.193 e. The third-order valence-corrected chi connectivity index (χ3v) is 4.28. The Morgan fingerprint density at radius 3 is 2.59 bits per heavy atom. The van der Waals surface area contributed by atoms with Crippen LogP contribution in [0.15, 0.2) is 53.5 Å². The Labute approximate surface area is 191 Å². The van der Waals surface area contributed by atoms with Crippen molar-refractivity contribution in [3.63, 3.8) is 0 Å². The Hall–Kier alpha value is -2.00. The van der Waals surface area contributed by atoms with Crippen molar-refractivity contribution in [1.29, 1.82) is 0 Å². The zero-order chi connectivity index (χ0) is 20.2. The Bertz CT molecular complexity index is 756. The maximum atomic E-state index is 5.77. The van der Waals surface area contributed by atoms with E-state index in [-0.39, 0.29) is 24.0 Å². The van der Waals surface area contributed by atoms with E-state index in [1.807, 2.05) is 43.4 Å². The first-order chi connectivity index (χ1) is 13.7. The molecule has 2 rings (SSSR count). The van der Waals surface area contributed by atoms with Gasteiger partial charge in [0.25, 0.3) is 0 Å². The van der Waals surface area contributed by atoms with Gasteiger partial charge in [-0.3, -0.25) is 4.99 Å². The topological polar surface area (TPSA) is 55.3 Å². The molecule has 0 atom stereocenters. The summed E-state index contributed by atoms with van der Waals surface area (Å²) in [5.41, 5.74) is 2.25. The van der Waals surface area contributed by atoms with Gasteiger partial charge in [0.05, 0.1) is 13.7 Å². The van der Waals surface area contributed by atoms with Crippen LogP contribution in [-0.4, -0.2) is 52.4 Å². The van der Waals surface area contributed by atoms with Crippen molar-refractivity contribution in [3.05, 3.63) is 59.7 Å². The molecule has 0 aliphatic rings. The largest absolute Gasteiger partial charge is 0.496 e. The number of aliphatic imine (C=N–C) groups is 1. The van der Waals surface area contributed by atoms with Gasteiger partial charge in [-0.15, -0.1) is 24.0 Å². The second kappa shape index (κ2) is 14.1. The molecule has 0 aliphatic carbocycles. The molecule has 1 N–H and O–H groups in total. The van der Waals surface area contributed by atoms with Crippen LogP contribution in [0.1, 0.15) is 17.5 Å². The monoisotopic (exact) mass is 513 g/mol. The summed E-state index contributed by atoms with van der Waals surface area (Å²) >= 11 is 0. The van der Waals surface area contributed by atoms with Crippen molar-refractivity contribution in [2.45, 2.75) is 19.5 Å². The molecule has 0 bridgehead atoms. The van der Waals surface area contributed by atoms with Crippen LogP contribution in [-0.2, 0) is 17.8 Å². The van der Waals surface area contributed by atoms with Gasteiger partial charge in [-0.25, -0.2) is 0 Å². The van der Waals surface area contributed by atoms with Gasteiger partial charge in [0.15, 0.2) is 5.96 Å². The number of rotatable bonds is 10. The van der Waals surface area contributed by atoms with Crippen LogP contribution < -0.4 is 14.8 Å². The molecule has 0 unspecified atom stereocenters. The molecule has 7 heteroatoms. The minimum absolute atomic E-state index is 0. The summed E-state index contributed by atoms with van der Waals surface area (Å²) in [6.45, 7) is 2.72. The van der Waals surface area contributed by atoms with Gasteiger partial charge >= 0.3 is 0 Å². The fraction of sp³-hybridized carbons (Fsp3) is 0.409. The molecule has 0 amide bonds. The number of nitrogens with zero attached hydrogens (tertiary/aromatic N) is 2. The second-order valence-corrected chi connectivity index (χ2v) is 6.41. The molecule has 2 aromatic rings. The lowest BCUT2D eigenvalue weighted by Gasteiger charge is -2.23. The predicted octanol–water partition coefficient (Wildman–Crippen LogP) is 3.94. The van der Waals surface area contributed by atoms with Crippen LogP contribution in [0.5, 0.6) is 11.5 Å². The molecule has 160 valence electrons. The van der Waals surface area contributed by atoms with Gasteiger partial charge in [0, 0.05) is 52.9 Å². The van der Waals surface area contributed by atoms with E-state index in [0.29, 0.717) is 26.3 Å². The molecule has 0 spiro atoms. The molecular formula is C22H32IN3O3. The zero-order valence-electron chi connectivity index (χ0n) is 17.7. The summed E-state index contributed by atoms with van der Waals surface area (Å²) in [6, 6.07) is 16.1. The summed E-state index contributed by atoms with van der Waals surface area (Å²) in [6.07, 6.45) is 0.874. The van der Waals surface area contributed by atoms with E-state index < -0.39 is 0 Å². The van der Waals surface area contributed by atoms with Crippen LogP contribution in [0.25, 0.3) is 0 Å². The van der Waals surface area contributed by atoms with Crippen molar-refractivity contribution in [1.82, 2.24) is 10.2 Å². The number of halogens is 1. The van der Waals surface area contributed by atoms with Crippen molar-refractivity contribution in [2.75, 3.05) is 41.5 Å². The molecule has 29 heavy (non-hydrogen) atoms. The Morgan fingerprint density at radius 2 is 1.86 bits per heavy atom. The number of hydrogen-bond acceptors (Lipinski definition) is 4. The number of para-hydroxylation sites is 1. The molecule has 6 nitrogen and oxygen atoms in total. The van der Waals surface area contributed by atoms with E-state index in [4.69, 9.17) is 14.2 Å². The molecule has 0 aromatic heterocycles. The van der Waals surface area contributed by atoms with E-state index in [9.17, 15) is 0 Å². The zero-order valence-corrected chi connectivity index (χ0v) is 20.0. The first-order valence-corrected chi connectivity index (χ1v) is 9.42. The highest BCUT2D eigenvalue weighted by Crippen LogP contribution is 2.19. The second-order valence-electron chi connectivity index (χ2n) is 6.41. The number of hydrogen-bond donors (Lipinski definition) is 1. The third kappa shape index (κ3) is 8.49. The maximum absolute atomic E-state index is 5.77. The minimum atomic E-state index is 0. The van der Waals surface area contributed by atoms with Gasteiger partial charge in [-0.05, 0) is 23.8 Å². The van der Waals surface area contributed by atoms with Crippen LogP contribution in [0, 0.1) is 0 Å². The summed E-state index contributed by atoms with van der Waals surface area (Å²) in [5.74, 6) is 2.56. The van der Waals surface area contributed by atoms with Crippen molar-refractivity contribution in [2.24, 2.45) is 4.99 Å². The van der Waals surface area contributed by atoms with Crippen LogP contribution in [0.3, 0.4) is 0 Å². The maximum Gasteiger partial charge on any atom is 0.193 e. The molecule has 2 aromatic carbocycles. The molecule has 0 radical (unpaired) electrons. The van der Waals surface area contributed by atoms with E-state index in [1.54, 1.807) is 21.3 Å². The van der Waals surface area contributed by atoms with Gasteiger partial charge in [0.1, 0.15) is 11.5 Å². The highest BCUT2D eigenvalue weighted by Gasteiger charge is 2.10. The van der Waals surface area contributed by atoms with Crippen LogP contribution in [0.2, 0.25) is 0 Å². The minimum Gasteiger partial charge on any atom is -0.496 e. The molecule has 0 saturated heterocycles. The summed E-state index contributed by atoms with van der Waals surface area (Å²) in [4.78, 5) is 6.47. The first-order valence-electron chi connectivity index (χ1n) is 9.42. The quantitative estimate of drug-likeness (QED) is 0.226. The highest BCUT2D eigenvalue weighted by molar-refractivity contribution is 14.0. The predicted molar refractivity (Wildman–Crippen MR) is 129 cm³/mol. The standard InChI is InChI=1S/C22H31N3O3.HI/c1-23-22(25(2)17-19-10-5-6-12-21(19)27-4)24-16-18-9-7-11-20(15-18)28-14-8-13-26-3;/h5-7,9-12,15H,8,13-14,16-17H2,1-4H3,(H,23,24);1H. The molecule has 0 heterocycles. The van der Waals surface area contributed by atoms with Gasteiger partial charge < -0.3 is 24.4 Å². The summed E-state index contributed by atoms with van der Waals surface area (Å²) in [7, 11) is 7.19. The number of ether oxygens (including phenoxy) is 3. The van der Waals surface area contributed by atoms with Crippen molar-refractivity contribution in [3.8, 4) is 11.5 Å². The molecule has 0 aliphatic heterocycles. The van der Waals surface area contributed by atoms with Crippen LogP contribution in [0.4, 0.5) is 0 Å². The number of benzene rings is 2. The van der Waals surface area contributed by atoms with Gasteiger partial charge in [-0.1, -0.05) is 30.3 Å². The van der Waals surface area contributed by atoms with Gasteiger partial charge in [-0.2, -0.15) is 0 Å². The Morgan fingerprint density at radius 1 is 1.07 bits per heavy atom. The SMILES string of the molecule is CN=C(NCc1cccc(OCCCOC)c1)N(C)Cc1ccccc1OC.I. The summed E-state index contributed by atoms with van der Waals surface area (Å²) < 4.78 is 16.3. The molecular weight excluding hydrogens is 481 g/mol. The fourth-order valence-electron chi connectivity index (χ4n) is 2.87. The van der Waals surface area contributed by atoms with Gasteiger partial charge in [0.2, 0.25) is 0 Å². The van der Waals surface area contributed by atoms with E-state index >= 15 is 0 Å². The van der Waals surface area contributed by atoms with Crippen molar-refractivity contribution < 1.29 is 14.2 Å². The number of guanidine groups is 1. The normalized spacial score (nSPS) is 10.8. The fourth-order valence-corrected chi connectivity index (χ4v) is 2.87. The van der Waals surface area contributed by atoms with E-state index in [0.717, 1.165) is 35.0 Å². The summed E-state index contributed by atoms with van der Waals surface area (Å²) in [5, 5.41) is 3.41. The van der Waals surface area contributed by atoms with E-state index in [1.165, 1.54) is 0 Å². The Kier molecular flexibility index (Phi) is 12.1. The molecule has 0 saturated carbocycles. The lowest BCUT2D eigenvalue weighted by molar-refractivity contribution is 0.172. The number of nitrogens with one attached hydrogen (secondary N) is 1. The molecule has 0 fully saturated rings. The average Bonchev–Trinajstić information content (AvgIpc) is 2.72. The Balaban J connectivity index is 0.00000420. The lowest BCUT2D eigenvalue weighted by Crippen LogP contribution is -2.38. The lowest BCUT2D eigenvalue weighted by atomic mass is 10.2.